The maximum atomic E-state index is 12.6. The highest BCUT2D eigenvalue weighted by molar-refractivity contribution is 7.22. The van der Waals surface area contributed by atoms with Gasteiger partial charge < -0.3 is 19.7 Å². The van der Waals surface area contributed by atoms with E-state index in [0.29, 0.717) is 17.0 Å². The second-order valence-electron chi connectivity index (χ2n) is 5.96. The molecule has 2 heterocycles. The lowest BCUT2D eigenvalue weighted by molar-refractivity contribution is 0.102. The van der Waals surface area contributed by atoms with Crippen LogP contribution < -0.4 is 15.0 Å². The van der Waals surface area contributed by atoms with Crippen LogP contribution in [0.4, 0.5) is 10.8 Å². The predicted molar refractivity (Wildman–Crippen MR) is 104 cm³/mol. The topological polar surface area (TPSA) is 63.7 Å². The molecule has 1 aromatic heterocycles. The highest BCUT2D eigenvalue weighted by atomic mass is 32.1. The Hall–Kier alpha value is -2.64. The molecule has 0 radical (unpaired) electrons. The van der Waals surface area contributed by atoms with Crippen LogP contribution in [-0.2, 0) is 4.74 Å². The predicted octanol–water partition coefficient (Wildman–Crippen LogP) is 3.39. The van der Waals surface area contributed by atoms with Crippen molar-refractivity contribution in [3.05, 3.63) is 48.0 Å². The normalized spacial score (nSPS) is 14.4. The highest BCUT2D eigenvalue weighted by Gasteiger charge is 2.16. The fraction of sp³-hybridized carbons (Fsp3) is 0.263. The summed E-state index contributed by atoms with van der Waals surface area (Å²) >= 11 is 1.61. The molecule has 134 valence electrons. The molecule has 3 aromatic rings. The summed E-state index contributed by atoms with van der Waals surface area (Å²) in [6.45, 7) is 3.15. The Morgan fingerprint density at radius 3 is 2.88 bits per heavy atom. The molecule has 0 saturated carbocycles. The van der Waals surface area contributed by atoms with Crippen LogP contribution in [-0.4, -0.2) is 44.3 Å². The van der Waals surface area contributed by atoms with Crippen LogP contribution in [0.15, 0.2) is 42.5 Å². The number of nitrogens with one attached hydrogen (secondary N) is 1. The van der Waals surface area contributed by atoms with E-state index in [-0.39, 0.29) is 5.91 Å². The fourth-order valence-corrected chi connectivity index (χ4v) is 3.90. The zero-order valence-electron chi connectivity index (χ0n) is 14.4. The lowest BCUT2D eigenvalue weighted by Gasteiger charge is -2.25. The van der Waals surface area contributed by atoms with Crippen molar-refractivity contribution in [1.29, 1.82) is 0 Å². The molecule has 4 rings (SSSR count). The van der Waals surface area contributed by atoms with Gasteiger partial charge >= 0.3 is 0 Å². The van der Waals surface area contributed by atoms with E-state index < -0.39 is 0 Å². The first-order valence-corrected chi connectivity index (χ1v) is 9.23. The Kier molecular flexibility index (Phi) is 4.73. The van der Waals surface area contributed by atoms with E-state index in [1.54, 1.807) is 30.6 Å². The van der Waals surface area contributed by atoms with Crippen molar-refractivity contribution in [2.45, 2.75) is 0 Å². The lowest BCUT2D eigenvalue weighted by atomic mass is 10.2. The van der Waals surface area contributed by atoms with Gasteiger partial charge in [-0.05, 0) is 30.3 Å². The van der Waals surface area contributed by atoms with Gasteiger partial charge in [-0.25, -0.2) is 4.98 Å². The van der Waals surface area contributed by atoms with Crippen LogP contribution in [0.2, 0.25) is 0 Å². The number of morpholine rings is 1. The van der Waals surface area contributed by atoms with Crippen molar-refractivity contribution < 1.29 is 14.3 Å². The van der Waals surface area contributed by atoms with Crippen molar-refractivity contribution in [2.75, 3.05) is 43.6 Å². The molecule has 6 nitrogen and oxygen atoms in total. The van der Waals surface area contributed by atoms with Crippen molar-refractivity contribution >= 4 is 38.3 Å². The Labute approximate surface area is 155 Å². The third-order valence-electron chi connectivity index (χ3n) is 4.25. The first-order chi connectivity index (χ1) is 12.7. The highest BCUT2D eigenvalue weighted by Crippen LogP contribution is 2.30. The SMILES string of the molecule is COc1cccc(NC(=O)c2ccc3nc(N4CCOCC4)sc3c2)c1. The van der Waals surface area contributed by atoms with Crippen LogP contribution in [0, 0.1) is 0 Å². The molecule has 0 aliphatic carbocycles. The molecule has 2 aromatic carbocycles. The smallest absolute Gasteiger partial charge is 0.255 e. The van der Waals surface area contributed by atoms with Crippen LogP contribution in [0.5, 0.6) is 5.75 Å². The lowest BCUT2D eigenvalue weighted by Crippen LogP contribution is -2.36. The Bertz CT molecular complexity index is 935. The number of hydrogen-bond donors (Lipinski definition) is 1. The average molecular weight is 369 g/mol. The van der Waals surface area contributed by atoms with Crippen LogP contribution in [0.1, 0.15) is 10.4 Å². The Balaban J connectivity index is 1.55. The minimum absolute atomic E-state index is 0.151. The van der Waals surface area contributed by atoms with Gasteiger partial charge in [0.2, 0.25) is 0 Å². The largest absolute Gasteiger partial charge is 0.497 e. The molecule has 0 atom stereocenters. The second-order valence-corrected chi connectivity index (χ2v) is 6.97. The fourth-order valence-electron chi connectivity index (χ4n) is 2.85. The number of nitrogens with zero attached hydrogens (tertiary/aromatic N) is 2. The minimum atomic E-state index is -0.151. The van der Waals surface area contributed by atoms with E-state index in [1.807, 2.05) is 30.3 Å². The molecular formula is C19H19N3O3S. The number of fused-ring (bicyclic) bond motifs is 1. The summed E-state index contributed by atoms with van der Waals surface area (Å²) in [7, 11) is 1.60. The van der Waals surface area contributed by atoms with E-state index in [2.05, 4.69) is 15.2 Å². The van der Waals surface area contributed by atoms with Gasteiger partial charge in [0.05, 0.1) is 30.5 Å². The van der Waals surface area contributed by atoms with Gasteiger partial charge in [0, 0.05) is 30.4 Å². The molecule has 1 saturated heterocycles. The molecule has 0 bridgehead atoms. The molecule has 0 spiro atoms. The van der Waals surface area contributed by atoms with Gasteiger partial charge in [-0.2, -0.15) is 0 Å². The average Bonchev–Trinajstić information content (AvgIpc) is 3.12. The number of amides is 1. The number of methoxy groups -OCH3 is 1. The van der Waals surface area contributed by atoms with E-state index in [0.717, 1.165) is 41.7 Å². The maximum Gasteiger partial charge on any atom is 0.255 e. The second kappa shape index (κ2) is 7.31. The van der Waals surface area contributed by atoms with Crippen LogP contribution in [0.25, 0.3) is 10.2 Å². The zero-order chi connectivity index (χ0) is 17.9. The summed E-state index contributed by atoms with van der Waals surface area (Å²) in [5.41, 5.74) is 2.22. The van der Waals surface area contributed by atoms with E-state index in [9.17, 15) is 4.79 Å². The van der Waals surface area contributed by atoms with Crippen molar-refractivity contribution in [1.82, 2.24) is 4.98 Å². The van der Waals surface area contributed by atoms with Crippen LogP contribution in [0.3, 0.4) is 0 Å². The summed E-state index contributed by atoms with van der Waals surface area (Å²) in [6, 6.07) is 12.9. The summed E-state index contributed by atoms with van der Waals surface area (Å²) in [4.78, 5) is 19.5. The van der Waals surface area contributed by atoms with Crippen molar-refractivity contribution in [3.8, 4) is 5.75 Å². The number of hydrogen-bond acceptors (Lipinski definition) is 6. The summed E-state index contributed by atoms with van der Waals surface area (Å²) in [5, 5.41) is 3.89. The van der Waals surface area contributed by atoms with Gasteiger partial charge in [-0.3, -0.25) is 4.79 Å². The quantitative estimate of drug-likeness (QED) is 0.764. The number of thiazole rings is 1. The Morgan fingerprint density at radius 2 is 2.08 bits per heavy atom. The molecule has 1 aliphatic heterocycles. The first kappa shape index (κ1) is 16.8. The number of carbonyl (C=O) groups excluding carboxylic acids is 1. The molecule has 7 heteroatoms. The van der Waals surface area contributed by atoms with E-state index in [4.69, 9.17) is 9.47 Å². The number of rotatable bonds is 4. The molecule has 1 aliphatic rings. The number of ether oxygens (including phenoxy) is 2. The van der Waals surface area contributed by atoms with Gasteiger partial charge in [0.25, 0.3) is 5.91 Å². The van der Waals surface area contributed by atoms with Gasteiger partial charge in [-0.1, -0.05) is 17.4 Å². The molecule has 26 heavy (non-hydrogen) atoms. The summed E-state index contributed by atoms with van der Waals surface area (Å²) < 4.78 is 11.6. The number of aromatic nitrogens is 1. The molecular weight excluding hydrogens is 350 g/mol. The van der Waals surface area contributed by atoms with Gasteiger partial charge in [-0.15, -0.1) is 0 Å². The van der Waals surface area contributed by atoms with Gasteiger partial charge in [0.1, 0.15) is 5.75 Å². The maximum absolute atomic E-state index is 12.6. The zero-order valence-corrected chi connectivity index (χ0v) is 15.2. The molecule has 1 N–H and O–H groups in total. The first-order valence-electron chi connectivity index (χ1n) is 8.41. The molecule has 1 amide bonds. The summed E-state index contributed by atoms with van der Waals surface area (Å²) in [5.74, 6) is 0.553. The minimum Gasteiger partial charge on any atom is -0.497 e. The van der Waals surface area contributed by atoms with E-state index >= 15 is 0 Å². The number of anilines is 2. The summed E-state index contributed by atoms with van der Waals surface area (Å²) in [6.07, 6.45) is 0. The number of carbonyl (C=O) groups is 1. The van der Waals surface area contributed by atoms with Crippen LogP contribution >= 0.6 is 11.3 Å². The molecule has 0 unspecified atom stereocenters. The van der Waals surface area contributed by atoms with Crippen molar-refractivity contribution in [2.24, 2.45) is 0 Å². The molecule has 1 fully saturated rings. The van der Waals surface area contributed by atoms with Crippen molar-refractivity contribution in [3.63, 3.8) is 0 Å². The standard InChI is InChI=1S/C19H19N3O3S/c1-24-15-4-2-3-14(12-15)20-18(23)13-5-6-16-17(11-13)26-19(21-16)22-7-9-25-10-8-22/h2-6,11-12H,7-10H2,1H3,(H,20,23). The monoisotopic (exact) mass is 369 g/mol. The number of benzene rings is 2. The third-order valence-corrected chi connectivity index (χ3v) is 5.33. The van der Waals surface area contributed by atoms with E-state index in [1.165, 1.54) is 0 Å². The van der Waals surface area contributed by atoms with Gasteiger partial charge in [0.15, 0.2) is 5.13 Å². The Morgan fingerprint density at radius 1 is 1.23 bits per heavy atom. The third kappa shape index (κ3) is 3.49.